The van der Waals surface area contributed by atoms with Crippen LogP contribution >= 0.6 is 34.5 Å². The summed E-state index contributed by atoms with van der Waals surface area (Å²) in [7, 11) is 0. The smallest absolute Gasteiger partial charge is 0.240 e. The summed E-state index contributed by atoms with van der Waals surface area (Å²) >= 11 is 12.9. The number of hydrogen-bond donors (Lipinski definition) is 2. The van der Waals surface area contributed by atoms with Gasteiger partial charge in [-0.3, -0.25) is 9.59 Å². The Balaban J connectivity index is 2.03. The topological polar surface area (TPSA) is 102 Å². The lowest BCUT2D eigenvalue weighted by molar-refractivity contribution is -0.118. The van der Waals surface area contributed by atoms with Crippen molar-refractivity contribution in [3.8, 4) is 0 Å². The first kappa shape index (κ1) is 20.1. The van der Waals surface area contributed by atoms with Crippen molar-refractivity contribution in [2.45, 2.75) is 13.0 Å². The highest BCUT2D eigenvalue weighted by Crippen LogP contribution is 2.36. The quantitative estimate of drug-likeness (QED) is 0.563. The van der Waals surface area contributed by atoms with E-state index < -0.39 is 11.9 Å². The van der Waals surface area contributed by atoms with E-state index in [1.54, 1.807) is 60.4 Å². The van der Waals surface area contributed by atoms with Crippen molar-refractivity contribution in [1.29, 1.82) is 0 Å². The van der Waals surface area contributed by atoms with Crippen LogP contribution in [0, 0.1) is 0 Å². The summed E-state index contributed by atoms with van der Waals surface area (Å²) in [6.07, 6.45) is 0. The molecule has 1 aromatic heterocycles. The number of hydrogen-bond acceptors (Lipinski definition) is 6. The van der Waals surface area contributed by atoms with Gasteiger partial charge < -0.3 is 16.4 Å². The number of thiazole rings is 1. The van der Waals surface area contributed by atoms with Crippen LogP contribution in [0.1, 0.15) is 22.2 Å². The maximum atomic E-state index is 12.8. The first-order chi connectivity index (χ1) is 13.3. The lowest BCUT2D eigenvalue weighted by Gasteiger charge is -2.26. The normalized spacial score (nSPS) is 11.8. The number of nitrogen functional groups attached to an aromatic ring is 1. The predicted molar refractivity (Wildman–Crippen MR) is 114 cm³/mol. The van der Waals surface area contributed by atoms with Gasteiger partial charge in [0.05, 0.1) is 0 Å². The molecule has 0 fully saturated rings. The van der Waals surface area contributed by atoms with E-state index in [9.17, 15) is 9.59 Å². The van der Waals surface area contributed by atoms with Gasteiger partial charge in [0.25, 0.3) is 0 Å². The van der Waals surface area contributed by atoms with Gasteiger partial charge in [-0.05, 0) is 55.5 Å². The molecule has 0 bridgehead atoms. The highest BCUT2D eigenvalue weighted by atomic mass is 35.5. The molecule has 1 atom stereocenters. The predicted octanol–water partition coefficient (Wildman–Crippen LogP) is 4.28. The van der Waals surface area contributed by atoms with Gasteiger partial charge in [0, 0.05) is 21.3 Å². The van der Waals surface area contributed by atoms with Crippen molar-refractivity contribution >= 4 is 62.9 Å². The molecule has 0 radical (unpaired) electrons. The van der Waals surface area contributed by atoms with E-state index in [1.807, 2.05) is 0 Å². The number of nitrogens with two attached hydrogens (primary N) is 2. The van der Waals surface area contributed by atoms with E-state index in [1.165, 1.54) is 0 Å². The molecule has 144 valence electrons. The Labute approximate surface area is 175 Å². The van der Waals surface area contributed by atoms with Crippen molar-refractivity contribution < 1.29 is 9.59 Å². The van der Waals surface area contributed by atoms with Crippen LogP contribution in [0.25, 0.3) is 0 Å². The lowest BCUT2D eigenvalue weighted by Crippen LogP contribution is -2.39. The molecule has 2 aromatic carbocycles. The molecule has 3 rings (SSSR count). The number of benzene rings is 2. The van der Waals surface area contributed by atoms with E-state index in [0.717, 1.165) is 11.3 Å². The maximum Gasteiger partial charge on any atom is 0.240 e. The van der Waals surface area contributed by atoms with Crippen molar-refractivity contribution in [3.05, 3.63) is 69.0 Å². The van der Waals surface area contributed by atoms with Crippen molar-refractivity contribution in [1.82, 2.24) is 4.98 Å². The number of primary amides is 1. The summed E-state index contributed by atoms with van der Waals surface area (Å²) in [5, 5.41) is 1.45. The van der Waals surface area contributed by atoms with Gasteiger partial charge in [-0.2, -0.15) is 0 Å². The minimum Gasteiger partial charge on any atom is -0.382 e. The zero-order chi connectivity index (χ0) is 20.4. The van der Waals surface area contributed by atoms with Gasteiger partial charge in [-0.15, -0.1) is 0 Å². The molecule has 0 aliphatic rings. The van der Waals surface area contributed by atoms with E-state index >= 15 is 0 Å². The van der Waals surface area contributed by atoms with Crippen LogP contribution in [0.15, 0.2) is 48.5 Å². The molecule has 0 unspecified atom stereocenters. The Morgan fingerprint density at radius 1 is 1.04 bits per heavy atom. The molecule has 0 spiro atoms. The van der Waals surface area contributed by atoms with Crippen molar-refractivity contribution in [3.63, 3.8) is 0 Å². The number of aromatic nitrogens is 1. The maximum absolute atomic E-state index is 12.8. The van der Waals surface area contributed by atoms with Crippen molar-refractivity contribution in [2.75, 3.05) is 10.6 Å². The standard InChI is InChI=1S/C19H16Cl2N4O2S/c1-10(18(23)27)25(14-8-6-13(21)7-9-14)19-24-17(22)16(28-19)15(26)11-2-4-12(20)5-3-11/h2-10H,22H2,1H3,(H2,23,27)/t10-/m1/s1. The summed E-state index contributed by atoms with van der Waals surface area (Å²) in [6, 6.07) is 12.6. The molecule has 6 nitrogen and oxygen atoms in total. The Bertz CT molecular complexity index is 1020. The monoisotopic (exact) mass is 434 g/mol. The van der Waals surface area contributed by atoms with E-state index in [0.29, 0.717) is 26.4 Å². The van der Waals surface area contributed by atoms with Gasteiger partial charge in [-0.1, -0.05) is 34.5 Å². The molecule has 3 aromatic rings. The van der Waals surface area contributed by atoms with Crippen LogP contribution in [0.2, 0.25) is 10.0 Å². The molecule has 9 heteroatoms. The average Bonchev–Trinajstić information content (AvgIpc) is 3.04. The third-order valence-corrected chi connectivity index (χ3v) is 5.64. The molecule has 0 aliphatic heterocycles. The fourth-order valence-corrected chi connectivity index (χ4v) is 3.85. The first-order valence-electron chi connectivity index (χ1n) is 8.18. The molecule has 28 heavy (non-hydrogen) atoms. The molecule has 1 amide bonds. The summed E-state index contributed by atoms with van der Waals surface area (Å²) in [5.41, 5.74) is 12.6. The highest BCUT2D eigenvalue weighted by molar-refractivity contribution is 7.18. The summed E-state index contributed by atoms with van der Waals surface area (Å²) < 4.78 is 0. The number of amides is 1. The third kappa shape index (κ3) is 4.11. The number of rotatable bonds is 6. The second kappa shape index (κ2) is 8.18. The van der Waals surface area contributed by atoms with Crippen LogP contribution in [0.4, 0.5) is 16.6 Å². The zero-order valence-corrected chi connectivity index (χ0v) is 17.1. The fraction of sp³-hybridized carbons (Fsp3) is 0.105. The van der Waals surface area contributed by atoms with Gasteiger partial charge in [-0.25, -0.2) is 4.98 Å². The SMILES string of the molecule is C[C@H](C(N)=O)N(c1ccc(Cl)cc1)c1nc(N)c(C(=O)c2ccc(Cl)cc2)s1. The summed E-state index contributed by atoms with van der Waals surface area (Å²) in [4.78, 5) is 30.9. The third-order valence-electron chi connectivity index (χ3n) is 4.06. The Kier molecular flexibility index (Phi) is 5.88. The minimum absolute atomic E-state index is 0.0792. The van der Waals surface area contributed by atoms with Gasteiger partial charge in [0.2, 0.25) is 11.7 Å². The number of anilines is 3. The number of nitrogens with zero attached hydrogens (tertiary/aromatic N) is 2. The Hall–Kier alpha value is -2.61. The largest absolute Gasteiger partial charge is 0.382 e. The number of halogens is 2. The number of carbonyl (C=O) groups excluding carboxylic acids is 2. The highest BCUT2D eigenvalue weighted by Gasteiger charge is 2.27. The van der Waals surface area contributed by atoms with Crippen LogP contribution in [0.3, 0.4) is 0 Å². The van der Waals surface area contributed by atoms with E-state index in [4.69, 9.17) is 34.7 Å². The van der Waals surface area contributed by atoms with E-state index in [-0.39, 0.29) is 16.5 Å². The van der Waals surface area contributed by atoms with E-state index in [2.05, 4.69) is 4.98 Å². The molecule has 0 aliphatic carbocycles. The van der Waals surface area contributed by atoms with Gasteiger partial charge in [0.1, 0.15) is 16.7 Å². The van der Waals surface area contributed by atoms with Crippen LogP contribution < -0.4 is 16.4 Å². The Morgan fingerprint density at radius 2 is 1.57 bits per heavy atom. The van der Waals surface area contributed by atoms with Crippen LogP contribution in [-0.2, 0) is 4.79 Å². The van der Waals surface area contributed by atoms with Crippen LogP contribution in [0.5, 0.6) is 0 Å². The Morgan fingerprint density at radius 3 is 2.11 bits per heavy atom. The zero-order valence-electron chi connectivity index (χ0n) is 14.7. The van der Waals surface area contributed by atoms with Gasteiger partial charge >= 0.3 is 0 Å². The summed E-state index contributed by atoms with van der Waals surface area (Å²) in [5.74, 6) is -0.745. The second-order valence-corrected chi connectivity index (χ2v) is 7.82. The average molecular weight is 435 g/mol. The molecule has 4 N–H and O–H groups in total. The van der Waals surface area contributed by atoms with Crippen LogP contribution in [-0.4, -0.2) is 22.7 Å². The fourth-order valence-electron chi connectivity index (χ4n) is 2.55. The molecular formula is C19H16Cl2N4O2S. The molecular weight excluding hydrogens is 419 g/mol. The lowest BCUT2D eigenvalue weighted by atomic mass is 10.1. The van der Waals surface area contributed by atoms with Crippen molar-refractivity contribution in [2.24, 2.45) is 5.73 Å². The number of carbonyl (C=O) groups is 2. The summed E-state index contributed by atoms with van der Waals surface area (Å²) in [6.45, 7) is 1.65. The molecule has 1 heterocycles. The minimum atomic E-state index is -0.717. The first-order valence-corrected chi connectivity index (χ1v) is 9.76. The number of ketones is 1. The second-order valence-electron chi connectivity index (χ2n) is 5.97. The molecule has 0 saturated heterocycles. The van der Waals surface area contributed by atoms with Gasteiger partial charge in [0.15, 0.2) is 5.13 Å². The molecule has 0 saturated carbocycles.